The highest BCUT2D eigenvalue weighted by molar-refractivity contribution is 5.84. The molecule has 1 amide bonds. The minimum Gasteiger partial charge on any atom is -0.444 e. The van der Waals surface area contributed by atoms with Crippen molar-refractivity contribution in [2.75, 3.05) is 13.2 Å². The van der Waals surface area contributed by atoms with Crippen molar-refractivity contribution in [2.45, 2.75) is 32.4 Å². The molecular weight excluding hydrogens is 186 g/mol. The standard InChI is InChI=1S/C9H15NO4/c1-6(7(2)11)10-9(12)14-8-3-4-13-5-8/h6,8H,3-5H2,1-2H3,(H,10,12). The first kappa shape index (κ1) is 11.0. The van der Waals surface area contributed by atoms with E-state index < -0.39 is 12.1 Å². The molecule has 1 rings (SSSR count). The van der Waals surface area contributed by atoms with Crippen LogP contribution in [0.2, 0.25) is 0 Å². The first-order chi connectivity index (χ1) is 6.59. The molecule has 0 spiro atoms. The maximum absolute atomic E-state index is 11.2. The zero-order valence-corrected chi connectivity index (χ0v) is 8.41. The van der Waals surface area contributed by atoms with E-state index in [-0.39, 0.29) is 11.9 Å². The van der Waals surface area contributed by atoms with E-state index in [1.165, 1.54) is 6.92 Å². The number of carbonyl (C=O) groups excluding carboxylic acids is 2. The van der Waals surface area contributed by atoms with E-state index in [4.69, 9.17) is 9.47 Å². The van der Waals surface area contributed by atoms with Gasteiger partial charge < -0.3 is 14.8 Å². The number of nitrogens with one attached hydrogen (secondary N) is 1. The Kier molecular flexibility index (Phi) is 3.88. The zero-order chi connectivity index (χ0) is 10.6. The second-order valence-corrected chi connectivity index (χ2v) is 3.37. The van der Waals surface area contributed by atoms with Crippen molar-refractivity contribution >= 4 is 11.9 Å². The summed E-state index contributed by atoms with van der Waals surface area (Å²) < 4.78 is 10.0. The summed E-state index contributed by atoms with van der Waals surface area (Å²) in [4.78, 5) is 22.0. The molecule has 1 N–H and O–H groups in total. The van der Waals surface area contributed by atoms with E-state index in [1.54, 1.807) is 6.92 Å². The van der Waals surface area contributed by atoms with Crippen molar-refractivity contribution in [3.05, 3.63) is 0 Å². The summed E-state index contributed by atoms with van der Waals surface area (Å²) in [5.41, 5.74) is 0. The number of hydrogen-bond acceptors (Lipinski definition) is 4. The van der Waals surface area contributed by atoms with Crippen molar-refractivity contribution in [1.29, 1.82) is 0 Å². The number of rotatable bonds is 3. The third kappa shape index (κ3) is 3.33. The van der Waals surface area contributed by atoms with Gasteiger partial charge in [0.2, 0.25) is 0 Å². The highest BCUT2D eigenvalue weighted by atomic mass is 16.6. The highest BCUT2D eigenvalue weighted by Gasteiger charge is 2.21. The van der Waals surface area contributed by atoms with Gasteiger partial charge in [-0.2, -0.15) is 0 Å². The van der Waals surface area contributed by atoms with Crippen LogP contribution in [-0.4, -0.2) is 37.2 Å². The van der Waals surface area contributed by atoms with Crippen LogP contribution in [0.15, 0.2) is 0 Å². The van der Waals surface area contributed by atoms with Crippen LogP contribution in [0.25, 0.3) is 0 Å². The maximum atomic E-state index is 11.2. The third-order valence-electron chi connectivity index (χ3n) is 2.11. The lowest BCUT2D eigenvalue weighted by Gasteiger charge is -2.13. The lowest BCUT2D eigenvalue weighted by atomic mass is 10.2. The smallest absolute Gasteiger partial charge is 0.408 e. The Balaban J connectivity index is 2.24. The second-order valence-electron chi connectivity index (χ2n) is 3.37. The van der Waals surface area contributed by atoms with E-state index in [0.717, 1.165) is 6.42 Å². The Morgan fingerprint density at radius 2 is 2.29 bits per heavy atom. The number of Topliss-reactive ketones (excluding diaryl/α,β-unsaturated/α-hetero) is 1. The summed E-state index contributed by atoms with van der Waals surface area (Å²) in [5.74, 6) is -0.0929. The van der Waals surface area contributed by atoms with Crippen molar-refractivity contribution in [1.82, 2.24) is 5.32 Å². The Bertz CT molecular complexity index is 223. The van der Waals surface area contributed by atoms with Crippen LogP contribution in [0.3, 0.4) is 0 Å². The first-order valence-corrected chi connectivity index (χ1v) is 4.65. The highest BCUT2D eigenvalue weighted by Crippen LogP contribution is 2.08. The molecular formula is C9H15NO4. The molecule has 0 radical (unpaired) electrons. The Morgan fingerprint density at radius 1 is 1.57 bits per heavy atom. The minimum atomic E-state index is -0.553. The molecule has 5 nitrogen and oxygen atoms in total. The van der Waals surface area contributed by atoms with E-state index in [1.807, 2.05) is 0 Å². The normalized spacial score (nSPS) is 22.9. The molecule has 2 atom stereocenters. The lowest BCUT2D eigenvalue weighted by molar-refractivity contribution is -0.118. The van der Waals surface area contributed by atoms with Gasteiger partial charge in [-0.15, -0.1) is 0 Å². The average Bonchev–Trinajstić information content (AvgIpc) is 2.56. The largest absolute Gasteiger partial charge is 0.444 e. The molecule has 0 aliphatic carbocycles. The van der Waals surface area contributed by atoms with Gasteiger partial charge in [0.05, 0.1) is 19.3 Å². The fraction of sp³-hybridized carbons (Fsp3) is 0.778. The lowest BCUT2D eigenvalue weighted by Crippen LogP contribution is -2.39. The SMILES string of the molecule is CC(=O)C(C)NC(=O)OC1CCOC1. The summed E-state index contributed by atoms with van der Waals surface area (Å²) in [7, 11) is 0. The Hall–Kier alpha value is -1.10. The summed E-state index contributed by atoms with van der Waals surface area (Å²) in [5, 5.41) is 2.44. The Labute approximate surface area is 82.8 Å². The monoisotopic (exact) mass is 201 g/mol. The van der Waals surface area contributed by atoms with Gasteiger partial charge in [-0.05, 0) is 13.8 Å². The molecule has 0 bridgehead atoms. The van der Waals surface area contributed by atoms with Crippen molar-refractivity contribution in [2.24, 2.45) is 0 Å². The van der Waals surface area contributed by atoms with Gasteiger partial charge in [-0.25, -0.2) is 4.79 Å². The zero-order valence-electron chi connectivity index (χ0n) is 8.41. The molecule has 5 heteroatoms. The van der Waals surface area contributed by atoms with Crippen LogP contribution < -0.4 is 5.32 Å². The maximum Gasteiger partial charge on any atom is 0.408 e. The molecule has 1 aliphatic heterocycles. The molecule has 1 heterocycles. The average molecular weight is 201 g/mol. The van der Waals surface area contributed by atoms with Gasteiger partial charge in [0.1, 0.15) is 6.10 Å². The van der Waals surface area contributed by atoms with E-state index >= 15 is 0 Å². The molecule has 1 aliphatic rings. The minimum absolute atomic E-state index is 0.0929. The number of carbonyl (C=O) groups is 2. The number of hydrogen-bond donors (Lipinski definition) is 1. The fourth-order valence-electron chi connectivity index (χ4n) is 1.07. The summed E-state index contributed by atoms with van der Waals surface area (Å²) >= 11 is 0. The van der Waals surface area contributed by atoms with E-state index in [9.17, 15) is 9.59 Å². The van der Waals surface area contributed by atoms with Crippen LogP contribution in [0.4, 0.5) is 4.79 Å². The Morgan fingerprint density at radius 3 is 2.79 bits per heavy atom. The van der Waals surface area contributed by atoms with Crippen LogP contribution in [0.5, 0.6) is 0 Å². The van der Waals surface area contributed by atoms with Gasteiger partial charge in [-0.3, -0.25) is 4.79 Å². The topological polar surface area (TPSA) is 64.6 Å². The van der Waals surface area contributed by atoms with Crippen LogP contribution >= 0.6 is 0 Å². The predicted molar refractivity (Wildman–Crippen MR) is 49.0 cm³/mol. The van der Waals surface area contributed by atoms with Crippen molar-refractivity contribution < 1.29 is 19.1 Å². The fourth-order valence-corrected chi connectivity index (χ4v) is 1.07. The quantitative estimate of drug-likeness (QED) is 0.721. The van der Waals surface area contributed by atoms with Gasteiger partial charge in [0.25, 0.3) is 0 Å². The van der Waals surface area contributed by atoms with Gasteiger partial charge >= 0.3 is 6.09 Å². The van der Waals surface area contributed by atoms with E-state index in [2.05, 4.69) is 5.32 Å². The van der Waals surface area contributed by atoms with Crippen molar-refractivity contribution in [3.63, 3.8) is 0 Å². The molecule has 2 unspecified atom stereocenters. The van der Waals surface area contributed by atoms with Crippen LogP contribution in [0, 0.1) is 0 Å². The molecule has 0 aromatic carbocycles. The molecule has 1 saturated heterocycles. The summed E-state index contributed by atoms with van der Waals surface area (Å²) in [6.07, 6.45) is -0.000589. The molecule has 0 saturated carbocycles. The van der Waals surface area contributed by atoms with Crippen LogP contribution in [-0.2, 0) is 14.3 Å². The third-order valence-corrected chi connectivity index (χ3v) is 2.11. The molecule has 0 aromatic heterocycles. The van der Waals surface area contributed by atoms with E-state index in [0.29, 0.717) is 13.2 Å². The van der Waals surface area contributed by atoms with Gasteiger partial charge in [0, 0.05) is 6.42 Å². The second kappa shape index (κ2) is 4.95. The first-order valence-electron chi connectivity index (χ1n) is 4.65. The predicted octanol–water partition coefficient (Wildman–Crippen LogP) is 0.479. The number of alkyl carbamates (subject to hydrolysis) is 1. The molecule has 80 valence electrons. The number of amides is 1. The summed E-state index contributed by atoms with van der Waals surface area (Å²) in [6, 6.07) is -0.496. The number of ketones is 1. The van der Waals surface area contributed by atoms with Crippen LogP contribution in [0.1, 0.15) is 20.3 Å². The summed E-state index contributed by atoms with van der Waals surface area (Å²) in [6.45, 7) is 4.11. The number of ether oxygens (including phenoxy) is 2. The molecule has 1 fully saturated rings. The molecule has 0 aromatic rings. The van der Waals surface area contributed by atoms with Gasteiger partial charge in [0.15, 0.2) is 5.78 Å². The van der Waals surface area contributed by atoms with Crippen molar-refractivity contribution in [3.8, 4) is 0 Å². The molecule has 14 heavy (non-hydrogen) atoms. The van der Waals surface area contributed by atoms with Gasteiger partial charge in [-0.1, -0.05) is 0 Å².